The van der Waals surface area contributed by atoms with E-state index >= 15 is 0 Å². The Balaban J connectivity index is 1.60. The van der Waals surface area contributed by atoms with Gasteiger partial charge in [0.05, 0.1) is 17.9 Å². The molecule has 3 rings (SSSR count). The normalized spacial score (nSPS) is 11.8. The molecule has 0 bridgehead atoms. The van der Waals surface area contributed by atoms with Gasteiger partial charge in [0.1, 0.15) is 5.75 Å². The summed E-state index contributed by atoms with van der Waals surface area (Å²) in [6.45, 7) is 2.11. The van der Waals surface area contributed by atoms with Gasteiger partial charge in [-0.2, -0.15) is 5.10 Å². The van der Waals surface area contributed by atoms with Crippen LogP contribution in [0.2, 0.25) is 0 Å². The van der Waals surface area contributed by atoms with E-state index in [0.29, 0.717) is 12.3 Å². The number of pyridine rings is 1. The molecule has 1 aromatic carbocycles. The van der Waals surface area contributed by atoms with E-state index in [-0.39, 0.29) is 5.91 Å². The highest BCUT2D eigenvalue weighted by atomic mass is 16.5. The van der Waals surface area contributed by atoms with Gasteiger partial charge in [0.25, 0.3) is 5.91 Å². The fourth-order valence-electron chi connectivity index (χ4n) is 2.40. The van der Waals surface area contributed by atoms with Crippen molar-refractivity contribution in [2.24, 2.45) is 7.05 Å². The number of benzene rings is 1. The highest BCUT2D eigenvalue weighted by Crippen LogP contribution is 2.17. The topological polar surface area (TPSA) is 69.0 Å². The number of aryl methyl sites for hydroxylation is 1. The maximum absolute atomic E-state index is 12.2. The number of aromatic nitrogens is 3. The molecule has 0 saturated carbocycles. The summed E-state index contributed by atoms with van der Waals surface area (Å²) in [4.78, 5) is 16.3. The zero-order valence-electron chi connectivity index (χ0n) is 14.2. The van der Waals surface area contributed by atoms with Gasteiger partial charge in [-0.05, 0) is 37.3 Å². The SMILES string of the molecule is C[C@@H](Oc1ccccc1)C(=O)NCc1cc(-c2cccnc2)nn1C. The Hall–Kier alpha value is -3.15. The fraction of sp³-hybridized carbons (Fsp3) is 0.211. The molecule has 128 valence electrons. The van der Waals surface area contributed by atoms with Gasteiger partial charge in [-0.1, -0.05) is 18.2 Å². The molecule has 2 aromatic heterocycles. The van der Waals surface area contributed by atoms with Crippen LogP contribution in [0.5, 0.6) is 5.75 Å². The molecule has 0 spiro atoms. The molecule has 6 heteroatoms. The minimum Gasteiger partial charge on any atom is -0.481 e. The first-order valence-electron chi connectivity index (χ1n) is 8.06. The van der Waals surface area contributed by atoms with Crippen molar-refractivity contribution in [3.63, 3.8) is 0 Å². The molecule has 0 fully saturated rings. The van der Waals surface area contributed by atoms with Crippen molar-refractivity contribution in [2.75, 3.05) is 0 Å². The zero-order valence-corrected chi connectivity index (χ0v) is 14.2. The largest absolute Gasteiger partial charge is 0.481 e. The van der Waals surface area contributed by atoms with Crippen LogP contribution in [-0.2, 0) is 18.4 Å². The van der Waals surface area contributed by atoms with E-state index in [4.69, 9.17) is 4.74 Å². The molecule has 0 unspecified atom stereocenters. The van der Waals surface area contributed by atoms with Crippen molar-refractivity contribution < 1.29 is 9.53 Å². The van der Waals surface area contributed by atoms with Gasteiger partial charge < -0.3 is 10.1 Å². The third kappa shape index (κ3) is 4.23. The van der Waals surface area contributed by atoms with Crippen molar-refractivity contribution in [3.8, 4) is 17.0 Å². The van der Waals surface area contributed by atoms with Crippen LogP contribution in [0.4, 0.5) is 0 Å². The Labute approximate surface area is 146 Å². The number of amides is 1. The lowest BCUT2D eigenvalue weighted by Gasteiger charge is -2.14. The summed E-state index contributed by atoms with van der Waals surface area (Å²) in [5.74, 6) is 0.498. The quantitative estimate of drug-likeness (QED) is 0.751. The number of carbonyl (C=O) groups is 1. The Kier molecular flexibility index (Phi) is 5.09. The first-order chi connectivity index (χ1) is 12.1. The van der Waals surface area contributed by atoms with E-state index in [9.17, 15) is 4.79 Å². The summed E-state index contributed by atoms with van der Waals surface area (Å²) in [6, 6.07) is 15.1. The number of rotatable bonds is 6. The molecule has 1 atom stereocenters. The van der Waals surface area contributed by atoms with Crippen molar-refractivity contribution in [1.82, 2.24) is 20.1 Å². The molecule has 3 aromatic rings. The minimum absolute atomic E-state index is 0.173. The Bertz CT molecular complexity index is 831. The first kappa shape index (κ1) is 16.7. The van der Waals surface area contributed by atoms with Crippen LogP contribution in [0.25, 0.3) is 11.3 Å². The Morgan fingerprint density at radius 3 is 2.76 bits per heavy atom. The summed E-state index contributed by atoms with van der Waals surface area (Å²) in [5, 5.41) is 7.35. The highest BCUT2D eigenvalue weighted by molar-refractivity contribution is 5.80. The van der Waals surface area contributed by atoms with Crippen molar-refractivity contribution >= 4 is 5.91 Å². The predicted octanol–water partition coefficient (Wildman–Crippen LogP) is 2.57. The molecule has 0 radical (unpaired) electrons. The van der Waals surface area contributed by atoms with Crippen LogP contribution in [0.15, 0.2) is 60.9 Å². The second-order valence-corrected chi connectivity index (χ2v) is 5.68. The maximum Gasteiger partial charge on any atom is 0.261 e. The van der Waals surface area contributed by atoms with Crippen LogP contribution in [0.3, 0.4) is 0 Å². The highest BCUT2D eigenvalue weighted by Gasteiger charge is 2.15. The Morgan fingerprint density at radius 1 is 1.24 bits per heavy atom. The summed E-state index contributed by atoms with van der Waals surface area (Å²) >= 11 is 0. The lowest BCUT2D eigenvalue weighted by atomic mass is 10.2. The number of hydrogen-bond acceptors (Lipinski definition) is 4. The molecular weight excluding hydrogens is 316 g/mol. The smallest absolute Gasteiger partial charge is 0.261 e. The first-order valence-corrected chi connectivity index (χ1v) is 8.06. The lowest BCUT2D eigenvalue weighted by molar-refractivity contribution is -0.127. The van der Waals surface area contributed by atoms with Crippen LogP contribution in [0, 0.1) is 0 Å². The molecule has 0 aliphatic carbocycles. The molecular formula is C19H20N4O2. The predicted molar refractivity (Wildman–Crippen MR) is 94.8 cm³/mol. The molecule has 6 nitrogen and oxygen atoms in total. The van der Waals surface area contributed by atoms with Crippen LogP contribution >= 0.6 is 0 Å². The zero-order chi connectivity index (χ0) is 17.6. The summed E-state index contributed by atoms with van der Waals surface area (Å²) < 4.78 is 7.38. The van der Waals surface area contributed by atoms with Gasteiger partial charge >= 0.3 is 0 Å². The van der Waals surface area contributed by atoms with Crippen molar-refractivity contribution in [2.45, 2.75) is 19.6 Å². The average Bonchev–Trinajstić information content (AvgIpc) is 3.02. The van der Waals surface area contributed by atoms with E-state index in [0.717, 1.165) is 17.0 Å². The van der Waals surface area contributed by atoms with Crippen LogP contribution < -0.4 is 10.1 Å². The van der Waals surface area contributed by atoms with Gasteiger partial charge in [0.15, 0.2) is 6.10 Å². The van der Waals surface area contributed by atoms with E-state index in [1.54, 1.807) is 24.0 Å². The standard InChI is InChI=1S/C19H20N4O2/c1-14(25-17-8-4-3-5-9-17)19(24)21-13-16-11-18(22-23(16)2)15-7-6-10-20-12-15/h3-12,14H,13H2,1-2H3,(H,21,24)/t14-/m1/s1. The summed E-state index contributed by atoms with van der Waals surface area (Å²) in [6.07, 6.45) is 2.91. The van der Waals surface area contributed by atoms with Crippen LogP contribution in [0.1, 0.15) is 12.6 Å². The van der Waals surface area contributed by atoms with E-state index in [1.807, 2.05) is 55.6 Å². The molecule has 0 aliphatic heterocycles. The monoisotopic (exact) mass is 336 g/mol. The maximum atomic E-state index is 12.2. The molecule has 1 amide bonds. The summed E-state index contributed by atoms with van der Waals surface area (Å²) in [5.41, 5.74) is 2.67. The number of ether oxygens (including phenoxy) is 1. The Morgan fingerprint density at radius 2 is 2.04 bits per heavy atom. The average molecular weight is 336 g/mol. The molecule has 1 N–H and O–H groups in total. The van der Waals surface area contributed by atoms with E-state index in [1.165, 1.54) is 0 Å². The lowest BCUT2D eigenvalue weighted by Crippen LogP contribution is -2.36. The third-order valence-corrected chi connectivity index (χ3v) is 3.80. The number of carbonyl (C=O) groups excluding carboxylic acids is 1. The fourth-order valence-corrected chi connectivity index (χ4v) is 2.40. The molecule has 2 heterocycles. The van der Waals surface area contributed by atoms with Gasteiger partial charge in [-0.3, -0.25) is 14.5 Å². The van der Waals surface area contributed by atoms with Gasteiger partial charge in [0, 0.05) is 25.0 Å². The second kappa shape index (κ2) is 7.61. The van der Waals surface area contributed by atoms with Gasteiger partial charge in [0.2, 0.25) is 0 Å². The number of para-hydroxylation sites is 1. The molecule has 25 heavy (non-hydrogen) atoms. The number of hydrogen-bond donors (Lipinski definition) is 1. The number of nitrogens with zero attached hydrogens (tertiary/aromatic N) is 3. The van der Waals surface area contributed by atoms with Crippen molar-refractivity contribution in [1.29, 1.82) is 0 Å². The minimum atomic E-state index is -0.576. The number of nitrogens with one attached hydrogen (secondary N) is 1. The molecule has 0 aliphatic rings. The van der Waals surface area contributed by atoms with Crippen LogP contribution in [-0.4, -0.2) is 26.8 Å². The molecule has 0 saturated heterocycles. The van der Waals surface area contributed by atoms with E-state index < -0.39 is 6.10 Å². The van der Waals surface area contributed by atoms with Crippen molar-refractivity contribution in [3.05, 3.63) is 66.6 Å². The summed E-state index contributed by atoms with van der Waals surface area (Å²) in [7, 11) is 1.85. The third-order valence-electron chi connectivity index (χ3n) is 3.80. The second-order valence-electron chi connectivity index (χ2n) is 5.68. The van der Waals surface area contributed by atoms with Gasteiger partial charge in [-0.15, -0.1) is 0 Å². The van der Waals surface area contributed by atoms with E-state index in [2.05, 4.69) is 15.4 Å². The van der Waals surface area contributed by atoms with Gasteiger partial charge in [-0.25, -0.2) is 0 Å².